The first-order valence-electron chi connectivity index (χ1n) is 21.7. The topological polar surface area (TPSA) is 176 Å². The summed E-state index contributed by atoms with van der Waals surface area (Å²) in [5.41, 5.74) is 1.38. The Labute approximate surface area is 379 Å². The molecule has 0 atom stereocenters. The van der Waals surface area contributed by atoms with Crippen LogP contribution in [0, 0.1) is 0 Å². The van der Waals surface area contributed by atoms with Crippen LogP contribution in [-0.4, -0.2) is 75.5 Å². The molecule has 0 saturated heterocycles. The maximum Gasteiger partial charge on any atom is 0.343 e. The second kappa shape index (κ2) is 29.2. The van der Waals surface area contributed by atoms with E-state index in [9.17, 15) is 28.8 Å². The van der Waals surface area contributed by atoms with Crippen molar-refractivity contribution in [2.75, 3.05) is 39.6 Å². The molecular formula is C51H56O14. The van der Waals surface area contributed by atoms with E-state index in [1.165, 1.54) is 0 Å². The number of rotatable bonds is 30. The monoisotopic (exact) mass is 892 g/mol. The summed E-state index contributed by atoms with van der Waals surface area (Å²) in [6, 6.07) is 25.5. The molecule has 4 rings (SSSR count). The van der Waals surface area contributed by atoms with Crippen molar-refractivity contribution < 1.29 is 66.7 Å². The first-order valence-corrected chi connectivity index (χ1v) is 21.7. The van der Waals surface area contributed by atoms with Gasteiger partial charge in [0.1, 0.15) is 23.0 Å². The van der Waals surface area contributed by atoms with Gasteiger partial charge in [-0.05, 0) is 136 Å². The van der Waals surface area contributed by atoms with Crippen LogP contribution in [0.1, 0.15) is 112 Å². The molecule has 0 heterocycles. The van der Waals surface area contributed by atoms with Gasteiger partial charge in [0.05, 0.1) is 61.9 Å². The van der Waals surface area contributed by atoms with E-state index in [1.807, 2.05) is 0 Å². The van der Waals surface area contributed by atoms with E-state index >= 15 is 0 Å². The molecule has 0 aliphatic rings. The Bertz CT molecular complexity index is 1970. The van der Waals surface area contributed by atoms with Crippen LogP contribution in [0.4, 0.5) is 0 Å². The normalized spacial score (nSPS) is 10.5. The molecule has 0 bridgehead atoms. The van der Waals surface area contributed by atoms with Crippen molar-refractivity contribution in [2.45, 2.75) is 70.6 Å². The Balaban J connectivity index is 0.985. The predicted molar refractivity (Wildman–Crippen MR) is 240 cm³/mol. The molecule has 344 valence electrons. The lowest BCUT2D eigenvalue weighted by molar-refractivity contribution is -0.138. The summed E-state index contributed by atoms with van der Waals surface area (Å²) in [6.07, 6.45) is 11.2. The van der Waals surface area contributed by atoms with Gasteiger partial charge in [0.25, 0.3) is 0 Å². The molecule has 0 radical (unpaired) electrons. The van der Waals surface area contributed by atoms with Crippen molar-refractivity contribution in [1.29, 1.82) is 0 Å². The molecule has 14 heteroatoms. The highest BCUT2D eigenvalue weighted by atomic mass is 16.6. The van der Waals surface area contributed by atoms with Gasteiger partial charge in [-0.3, -0.25) is 0 Å². The van der Waals surface area contributed by atoms with E-state index in [2.05, 4.69) is 13.2 Å². The molecule has 0 spiro atoms. The fourth-order valence-electron chi connectivity index (χ4n) is 5.86. The van der Waals surface area contributed by atoms with Crippen molar-refractivity contribution in [3.63, 3.8) is 0 Å². The molecule has 65 heavy (non-hydrogen) atoms. The summed E-state index contributed by atoms with van der Waals surface area (Å²) in [6.45, 7) is 8.74. The highest BCUT2D eigenvalue weighted by Gasteiger charge is 2.14. The quantitative estimate of drug-likeness (QED) is 0.0159. The highest BCUT2D eigenvalue weighted by molar-refractivity contribution is 5.93. The number of carbonyl (C=O) groups excluding carboxylic acids is 6. The van der Waals surface area contributed by atoms with Crippen molar-refractivity contribution >= 4 is 35.8 Å². The second-order valence-corrected chi connectivity index (χ2v) is 14.5. The number of esters is 6. The zero-order valence-corrected chi connectivity index (χ0v) is 36.5. The van der Waals surface area contributed by atoms with Crippen LogP contribution in [-0.2, 0) is 28.5 Å². The molecule has 4 aromatic carbocycles. The van der Waals surface area contributed by atoms with Crippen LogP contribution in [0.3, 0.4) is 0 Å². The van der Waals surface area contributed by atoms with Crippen LogP contribution < -0.4 is 18.9 Å². The van der Waals surface area contributed by atoms with E-state index in [4.69, 9.17) is 37.9 Å². The summed E-state index contributed by atoms with van der Waals surface area (Å²) in [5, 5.41) is 0. The third-order valence-corrected chi connectivity index (χ3v) is 9.47. The smallest absolute Gasteiger partial charge is 0.343 e. The van der Waals surface area contributed by atoms with E-state index < -0.39 is 35.8 Å². The summed E-state index contributed by atoms with van der Waals surface area (Å²) in [4.78, 5) is 72.3. The summed E-state index contributed by atoms with van der Waals surface area (Å²) in [7, 11) is 0. The molecular weight excluding hydrogens is 837 g/mol. The third kappa shape index (κ3) is 19.8. The Morgan fingerprint density at radius 3 is 0.923 bits per heavy atom. The number of carbonyl (C=O) groups is 6. The van der Waals surface area contributed by atoms with E-state index in [0.29, 0.717) is 111 Å². The zero-order chi connectivity index (χ0) is 46.5. The molecule has 14 nitrogen and oxygen atoms in total. The Hall–Kier alpha value is -7.22. The number of ether oxygens (including phenoxy) is 8. The minimum Gasteiger partial charge on any atom is -0.494 e. The van der Waals surface area contributed by atoms with Gasteiger partial charge in [-0.2, -0.15) is 0 Å². The van der Waals surface area contributed by atoms with Crippen LogP contribution in [0.2, 0.25) is 0 Å². The van der Waals surface area contributed by atoms with Crippen molar-refractivity contribution in [3.8, 4) is 23.0 Å². The molecule has 0 aromatic heterocycles. The summed E-state index contributed by atoms with van der Waals surface area (Å²) in [5.74, 6) is -1.14. The van der Waals surface area contributed by atoms with Gasteiger partial charge in [-0.25, -0.2) is 28.8 Å². The van der Waals surface area contributed by atoms with Gasteiger partial charge in [0.2, 0.25) is 0 Å². The van der Waals surface area contributed by atoms with Crippen LogP contribution in [0.25, 0.3) is 0 Å². The first kappa shape index (κ1) is 50.4. The average molecular weight is 893 g/mol. The van der Waals surface area contributed by atoms with Crippen LogP contribution in [0.15, 0.2) is 122 Å². The molecule has 0 amide bonds. The second-order valence-electron chi connectivity index (χ2n) is 14.5. The number of hydrogen-bond acceptors (Lipinski definition) is 14. The Kier molecular flexibility index (Phi) is 22.7. The van der Waals surface area contributed by atoms with Gasteiger partial charge < -0.3 is 37.9 Å². The summed E-state index contributed by atoms with van der Waals surface area (Å²) >= 11 is 0. The maximum absolute atomic E-state index is 12.6. The van der Waals surface area contributed by atoms with Crippen molar-refractivity contribution in [1.82, 2.24) is 0 Å². The van der Waals surface area contributed by atoms with Gasteiger partial charge in [-0.15, -0.1) is 0 Å². The van der Waals surface area contributed by atoms with Gasteiger partial charge >= 0.3 is 35.8 Å². The van der Waals surface area contributed by atoms with Gasteiger partial charge in [-0.1, -0.05) is 45.3 Å². The van der Waals surface area contributed by atoms with Gasteiger partial charge in [0, 0.05) is 12.2 Å². The lowest BCUT2D eigenvalue weighted by Gasteiger charge is -2.09. The largest absolute Gasteiger partial charge is 0.494 e. The minimum absolute atomic E-state index is 0.290. The maximum atomic E-state index is 12.6. The van der Waals surface area contributed by atoms with Crippen LogP contribution >= 0.6 is 0 Å². The number of benzene rings is 4. The molecule has 4 aromatic rings. The lowest BCUT2D eigenvalue weighted by Crippen LogP contribution is -2.09. The Morgan fingerprint density at radius 1 is 0.323 bits per heavy atom. The van der Waals surface area contributed by atoms with E-state index in [1.54, 1.807) is 97.1 Å². The molecule has 0 saturated carbocycles. The molecule has 0 N–H and O–H groups in total. The molecule has 0 aliphatic carbocycles. The Morgan fingerprint density at radius 2 is 0.585 bits per heavy atom. The number of unbranched alkanes of at least 4 members (excludes halogenated alkanes) is 8. The standard InChI is InChI=1S/C51H56O14/c1-3-46(52)60-34-14-12-32-58-42-24-16-40(17-25-42)50(56)64-44-28-20-38(21-29-44)48(54)62-36-10-8-6-5-7-9-11-37-63-49(55)39-22-30-45(31-23-39)65-51(57)41-18-26-43(27-19-41)59-33-13-15-35-61-47(53)4-2/h3-4,16-31H,1-2,5-15,32-37H2. The lowest BCUT2D eigenvalue weighted by atomic mass is 10.1. The minimum atomic E-state index is -0.550. The fraction of sp³-hybridized carbons (Fsp3) is 0.333. The SMILES string of the molecule is C=CC(=O)OCCCCOc1ccc(C(=O)Oc2ccc(C(=O)OCCCCCCCCCOC(=O)c3ccc(OC(=O)c4ccc(OCCCCOC(=O)C=C)cc4)cc3)cc2)cc1. The predicted octanol–water partition coefficient (Wildman–Crippen LogP) is 9.65. The van der Waals surface area contributed by atoms with E-state index in [-0.39, 0.29) is 0 Å². The third-order valence-electron chi connectivity index (χ3n) is 9.47. The van der Waals surface area contributed by atoms with Crippen molar-refractivity contribution in [3.05, 3.63) is 145 Å². The molecule has 0 fully saturated rings. The molecule has 0 aliphatic heterocycles. The van der Waals surface area contributed by atoms with Gasteiger partial charge in [0.15, 0.2) is 0 Å². The summed E-state index contributed by atoms with van der Waals surface area (Å²) < 4.78 is 42.9. The highest BCUT2D eigenvalue weighted by Crippen LogP contribution is 2.20. The molecule has 0 unspecified atom stereocenters. The average Bonchev–Trinajstić information content (AvgIpc) is 3.33. The van der Waals surface area contributed by atoms with Crippen LogP contribution in [0.5, 0.6) is 23.0 Å². The van der Waals surface area contributed by atoms with Crippen molar-refractivity contribution in [2.24, 2.45) is 0 Å². The van der Waals surface area contributed by atoms with E-state index in [0.717, 1.165) is 57.1 Å². The fourth-order valence-corrected chi connectivity index (χ4v) is 5.86. The number of hydrogen-bond donors (Lipinski definition) is 0. The first-order chi connectivity index (χ1) is 31.6. The zero-order valence-electron chi connectivity index (χ0n) is 36.5.